The molecule has 0 fully saturated rings. The van der Waals surface area contributed by atoms with Crippen LogP contribution in [-0.4, -0.2) is 37.3 Å². The lowest BCUT2D eigenvalue weighted by Gasteiger charge is -2.14. The van der Waals surface area contributed by atoms with Crippen molar-refractivity contribution < 1.29 is 23.0 Å². The Kier molecular flexibility index (Phi) is 7.03. The van der Waals surface area contributed by atoms with Crippen LogP contribution in [0.2, 0.25) is 5.02 Å². The zero-order valence-electron chi connectivity index (χ0n) is 20.7. The number of ether oxygens (including phenoxy) is 2. The van der Waals surface area contributed by atoms with E-state index in [2.05, 4.69) is 20.5 Å². The lowest BCUT2D eigenvalue weighted by atomic mass is 10.0. The Morgan fingerprint density at radius 1 is 1.15 bits per heavy atom. The lowest BCUT2D eigenvalue weighted by molar-refractivity contribution is -0.116. The highest BCUT2D eigenvalue weighted by molar-refractivity contribution is 6.31. The Balaban J connectivity index is 1.53. The average Bonchev–Trinajstić information content (AvgIpc) is 3.51. The molecule has 0 atom stereocenters. The Labute approximate surface area is 224 Å². The van der Waals surface area contributed by atoms with E-state index in [4.69, 9.17) is 21.1 Å². The van der Waals surface area contributed by atoms with Crippen molar-refractivity contribution in [2.24, 2.45) is 7.05 Å². The SMILES string of the molecule is COc1cc(-c2cc(Cl)cc3c2n(C)c(=O)n3CC(=O)Nc2ccc(F)cc2)cc(F)c1OCc1nnc[nH]1. The first kappa shape index (κ1) is 25.9. The topological polar surface area (TPSA) is 116 Å². The second-order valence-corrected chi connectivity index (χ2v) is 8.95. The molecule has 0 aliphatic rings. The molecule has 2 N–H and O–H groups in total. The highest BCUT2D eigenvalue weighted by Crippen LogP contribution is 2.39. The summed E-state index contributed by atoms with van der Waals surface area (Å²) in [4.78, 5) is 28.7. The normalized spacial score (nSPS) is 11.1. The van der Waals surface area contributed by atoms with Crippen molar-refractivity contribution in [3.63, 3.8) is 0 Å². The van der Waals surface area contributed by atoms with Crippen molar-refractivity contribution in [3.8, 4) is 22.6 Å². The van der Waals surface area contributed by atoms with E-state index >= 15 is 4.39 Å². The van der Waals surface area contributed by atoms with Crippen molar-refractivity contribution in [1.29, 1.82) is 0 Å². The second kappa shape index (κ2) is 10.6. The number of aryl methyl sites for hydroxylation is 1. The number of imidazole rings is 1. The summed E-state index contributed by atoms with van der Waals surface area (Å²) in [5.41, 5.74) is 1.49. The molecule has 0 aliphatic carbocycles. The Bertz CT molecular complexity index is 1730. The van der Waals surface area contributed by atoms with Gasteiger partial charge in [0.05, 0.1) is 18.1 Å². The van der Waals surface area contributed by atoms with Crippen molar-refractivity contribution in [2.75, 3.05) is 12.4 Å². The summed E-state index contributed by atoms with van der Waals surface area (Å²) < 4.78 is 42.0. The molecule has 0 bridgehead atoms. The van der Waals surface area contributed by atoms with Crippen LogP contribution >= 0.6 is 11.6 Å². The number of H-pyrrole nitrogens is 1. The maximum Gasteiger partial charge on any atom is 0.329 e. The molecule has 0 unspecified atom stereocenters. The van der Waals surface area contributed by atoms with Crippen LogP contribution in [0.4, 0.5) is 14.5 Å². The zero-order chi connectivity index (χ0) is 27.7. The number of rotatable bonds is 8. The van der Waals surface area contributed by atoms with Crippen molar-refractivity contribution in [1.82, 2.24) is 24.3 Å². The van der Waals surface area contributed by atoms with Gasteiger partial charge in [-0.15, -0.1) is 10.2 Å². The van der Waals surface area contributed by atoms with E-state index in [-0.39, 0.29) is 29.7 Å². The number of nitrogens with zero attached hydrogens (tertiary/aromatic N) is 4. The maximum atomic E-state index is 15.3. The Morgan fingerprint density at radius 2 is 1.92 bits per heavy atom. The van der Waals surface area contributed by atoms with Gasteiger partial charge < -0.3 is 19.8 Å². The summed E-state index contributed by atoms with van der Waals surface area (Å²) in [6.07, 6.45) is 1.38. The molecule has 0 saturated heterocycles. The molecule has 1 amide bonds. The van der Waals surface area contributed by atoms with Gasteiger partial charge in [-0.2, -0.15) is 0 Å². The van der Waals surface area contributed by atoms with Crippen LogP contribution in [0.1, 0.15) is 5.82 Å². The number of amides is 1. The minimum Gasteiger partial charge on any atom is -0.493 e. The number of carbonyl (C=O) groups excluding carboxylic acids is 1. The van der Waals surface area contributed by atoms with Gasteiger partial charge in [0.2, 0.25) is 5.91 Å². The first-order chi connectivity index (χ1) is 18.7. The summed E-state index contributed by atoms with van der Waals surface area (Å²) in [5.74, 6) is -1.26. The fraction of sp³-hybridized carbons (Fsp3) is 0.154. The Morgan fingerprint density at radius 3 is 2.62 bits per heavy atom. The van der Waals surface area contributed by atoms with Gasteiger partial charge in [-0.25, -0.2) is 13.6 Å². The van der Waals surface area contributed by atoms with Crippen molar-refractivity contribution in [3.05, 3.63) is 87.8 Å². The van der Waals surface area contributed by atoms with E-state index in [1.165, 1.54) is 52.9 Å². The number of methoxy groups -OCH3 is 1. The van der Waals surface area contributed by atoms with Crippen LogP contribution in [-0.2, 0) is 25.0 Å². The fourth-order valence-corrected chi connectivity index (χ4v) is 4.44. The predicted octanol–water partition coefficient (Wildman–Crippen LogP) is 4.28. The standard InChI is InChI=1S/C26H21ClF2N6O4/c1-34-24-18(14-7-19(29)25(21(8-14)38-2)39-12-22-30-13-31-33-22)9-15(27)10-20(24)35(26(34)37)11-23(36)32-17-5-3-16(28)4-6-17/h3-10,13H,11-12H2,1-2H3,(H,32,36)(H,30,31,33). The number of hydrogen-bond acceptors (Lipinski definition) is 6. The molecule has 5 aromatic rings. The molecule has 39 heavy (non-hydrogen) atoms. The van der Waals surface area contributed by atoms with Crippen LogP contribution in [0.5, 0.6) is 11.5 Å². The number of anilines is 1. The molecule has 0 aliphatic heterocycles. The average molecular weight is 555 g/mol. The lowest BCUT2D eigenvalue weighted by Crippen LogP contribution is -2.28. The van der Waals surface area contributed by atoms with Crippen LogP contribution in [0.15, 0.2) is 59.7 Å². The number of carbonyl (C=O) groups is 1. The third kappa shape index (κ3) is 5.18. The summed E-state index contributed by atoms with van der Waals surface area (Å²) in [6, 6.07) is 11.2. The molecule has 5 rings (SSSR count). The first-order valence-corrected chi connectivity index (χ1v) is 11.9. The number of aromatic nitrogens is 5. The van der Waals surface area contributed by atoms with Crippen molar-refractivity contribution in [2.45, 2.75) is 13.2 Å². The predicted molar refractivity (Wildman–Crippen MR) is 140 cm³/mol. The van der Waals surface area contributed by atoms with Gasteiger partial charge in [0, 0.05) is 23.3 Å². The number of fused-ring (bicyclic) bond motifs is 1. The number of aromatic amines is 1. The molecule has 2 heterocycles. The third-order valence-corrected chi connectivity index (χ3v) is 6.21. The second-order valence-electron chi connectivity index (χ2n) is 8.52. The molecule has 10 nitrogen and oxygen atoms in total. The molecule has 0 saturated carbocycles. The first-order valence-electron chi connectivity index (χ1n) is 11.5. The molecule has 200 valence electrons. The van der Waals surface area contributed by atoms with E-state index in [0.717, 1.165) is 0 Å². The van der Waals surface area contributed by atoms with Gasteiger partial charge in [0.25, 0.3) is 0 Å². The van der Waals surface area contributed by atoms with Crippen LogP contribution < -0.4 is 20.5 Å². The quantitative estimate of drug-likeness (QED) is 0.296. The third-order valence-electron chi connectivity index (χ3n) is 5.99. The molecule has 3 aromatic carbocycles. The highest BCUT2D eigenvalue weighted by atomic mass is 35.5. The van der Waals surface area contributed by atoms with Crippen LogP contribution in [0.3, 0.4) is 0 Å². The molecule has 13 heteroatoms. The van der Waals surface area contributed by atoms with Gasteiger partial charge in [-0.05, 0) is 54.1 Å². The zero-order valence-corrected chi connectivity index (χ0v) is 21.4. The number of benzene rings is 3. The molecular formula is C26H21ClF2N6O4. The number of nitrogens with one attached hydrogen (secondary N) is 2. The minimum absolute atomic E-state index is 0.0641. The number of hydrogen-bond donors (Lipinski definition) is 2. The van der Waals surface area contributed by atoms with Crippen LogP contribution in [0, 0.1) is 11.6 Å². The van der Waals surface area contributed by atoms with E-state index in [9.17, 15) is 14.0 Å². The summed E-state index contributed by atoms with van der Waals surface area (Å²) in [5, 5.41) is 10.4. The Hall–Kier alpha value is -4.71. The van der Waals surface area contributed by atoms with E-state index < -0.39 is 23.2 Å². The minimum atomic E-state index is -0.708. The van der Waals surface area contributed by atoms with Gasteiger partial charge in [-0.3, -0.25) is 13.9 Å². The van der Waals surface area contributed by atoms with Gasteiger partial charge in [0.15, 0.2) is 23.1 Å². The fourth-order valence-electron chi connectivity index (χ4n) is 4.23. The van der Waals surface area contributed by atoms with Crippen molar-refractivity contribution >= 4 is 34.2 Å². The van der Waals surface area contributed by atoms with E-state index in [1.807, 2.05) is 0 Å². The summed E-state index contributed by atoms with van der Waals surface area (Å²) in [7, 11) is 2.91. The maximum absolute atomic E-state index is 15.3. The smallest absolute Gasteiger partial charge is 0.329 e. The van der Waals surface area contributed by atoms with Gasteiger partial charge in [-0.1, -0.05) is 11.6 Å². The highest BCUT2D eigenvalue weighted by Gasteiger charge is 2.21. The molecule has 2 aromatic heterocycles. The van der Waals surface area contributed by atoms with Gasteiger partial charge >= 0.3 is 5.69 Å². The molecule has 0 spiro atoms. The molecule has 0 radical (unpaired) electrons. The summed E-state index contributed by atoms with van der Waals surface area (Å²) >= 11 is 6.41. The van der Waals surface area contributed by atoms with Gasteiger partial charge in [0.1, 0.15) is 25.3 Å². The largest absolute Gasteiger partial charge is 0.493 e. The van der Waals surface area contributed by atoms with Crippen LogP contribution in [0.25, 0.3) is 22.2 Å². The van der Waals surface area contributed by atoms with E-state index in [0.29, 0.717) is 33.7 Å². The number of halogens is 3. The van der Waals surface area contributed by atoms with E-state index in [1.54, 1.807) is 25.2 Å². The monoisotopic (exact) mass is 554 g/mol. The summed E-state index contributed by atoms with van der Waals surface area (Å²) in [6.45, 7) is -0.398. The molecular weight excluding hydrogens is 534 g/mol.